The number of nitriles is 1. The number of nitrogens with zero attached hydrogens (tertiary/aromatic N) is 2. The molecule has 0 saturated carbocycles. The molecule has 122 valence electrons. The van der Waals surface area contributed by atoms with Crippen LogP contribution in [-0.2, 0) is 4.79 Å². The lowest BCUT2D eigenvalue weighted by Gasteiger charge is -2.37. The Bertz CT molecular complexity index is 1030. The average molecular weight is 347 g/mol. The first-order chi connectivity index (χ1) is 12.2. The summed E-state index contributed by atoms with van der Waals surface area (Å²) in [7, 11) is 0. The molecule has 0 spiro atoms. The van der Waals surface area contributed by atoms with E-state index in [1.807, 2.05) is 53.4 Å². The van der Waals surface area contributed by atoms with Gasteiger partial charge in [0.1, 0.15) is 17.4 Å². The molecule has 1 unspecified atom stereocenters. The van der Waals surface area contributed by atoms with Crippen LogP contribution in [0.3, 0.4) is 0 Å². The van der Waals surface area contributed by atoms with Crippen LogP contribution in [-0.4, -0.2) is 5.91 Å². The Morgan fingerprint density at radius 1 is 1.12 bits per heavy atom. The second kappa shape index (κ2) is 6.04. The lowest BCUT2D eigenvalue weighted by molar-refractivity contribution is -0.118. The zero-order chi connectivity index (χ0) is 17.4. The summed E-state index contributed by atoms with van der Waals surface area (Å²) in [5, 5.41) is 14.5. The Morgan fingerprint density at radius 3 is 2.68 bits per heavy atom. The second-order valence-corrected chi connectivity index (χ2v) is 5.99. The van der Waals surface area contributed by atoms with E-state index in [0.29, 0.717) is 10.8 Å². The van der Waals surface area contributed by atoms with Crippen molar-refractivity contribution in [1.29, 1.82) is 5.26 Å². The van der Waals surface area contributed by atoms with Crippen molar-refractivity contribution in [2.75, 3.05) is 4.90 Å². The summed E-state index contributed by atoms with van der Waals surface area (Å²) in [6, 6.07) is 19.3. The number of hydrogen-bond donors (Lipinski definition) is 2. The Hall–Kier alpha value is -3.17. The third kappa shape index (κ3) is 2.46. The highest BCUT2D eigenvalue weighted by molar-refractivity contribution is 7.84. The maximum atomic E-state index is 12.3. The van der Waals surface area contributed by atoms with Crippen molar-refractivity contribution in [3.8, 4) is 6.07 Å². The highest BCUT2D eigenvalue weighted by Crippen LogP contribution is 2.39. The van der Waals surface area contributed by atoms with Crippen molar-refractivity contribution in [3.63, 3.8) is 0 Å². The van der Waals surface area contributed by atoms with Gasteiger partial charge < -0.3 is 14.6 Å². The lowest BCUT2D eigenvalue weighted by atomic mass is 10.1. The Labute approximate surface area is 149 Å². The van der Waals surface area contributed by atoms with Crippen molar-refractivity contribution in [2.45, 2.75) is 6.17 Å². The minimum atomic E-state index is -0.585. The van der Waals surface area contributed by atoms with Crippen molar-refractivity contribution < 1.29 is 9.21 Å². The van der Waals surface area contributed by atoms with E-state index in [1.54, 1.807) is 18.4 Å². The molecule has 4 rings (SSSR count). The molecule has 2 aromatic carbocycles. The van der Waals surface area contributed by atoms with Crippen LogP contribution < -0.4 is 10.2 Å². The number of hydrogen-bond acceptors (Lipinski definition) is 5. The van der Waals surface area contributed by atoms with E-state index >= 15 is 0 Å². The number of nitrogens with one attached hydrogen (secondary N) is 1. The Morgan fingerprint density at radius 2 is 1.92 bits per heavy atom. The van der Waals surface area contributed by atoms with Crippen LogP contribution in [0, 0.1) is 11.3 Å². The fourth-order valence-corrected chi connectivity index (χ4v) is 3.40. The number of rotatable bonds is 2. The van der Waals surface area contributed by atoms with E-state index in [2.05, 4.69) is 17.9 Å². The number of carbonyl (C=O) groups excluding carboxylic acids is 1. The first-order valence-electron chi connectivity index (χ1n) is 7.65. The normalized spacial score (nSPS) is 17.5. The predicted molar refractivity (Wildman–Crippen MR) is 97.6 cm³/mol. The zero-order valence-electron chi connectivity index (χ0n) is 13.0. The van der Waals surface area contributed by atoms with E-state index in [-0.39, 0.29) is 5.57 Å². The standard InChI is InChI=1S/C19H13N3O2S/c20-11-14-18(23)21-17(16-9-4-10-24-16)22(19(14)25)15-8-3-6-12-5-1-2-7-13(12)15/h1-10,17,25H,(H,21,23). The van der Waals surface area contributed by atoms with Crippen LogP contribution in [0.4, 0.5) is 5.69 Å². The van der Waals surface area contributed by atoms with Crippen LogP contribution >= 0.6 is 12.6 Å². The molecular formula is C19H13N3O2S. The molecule has 1 N–H and O–H groups in total. The van der Waals surface area contributed by atoms with Gasteiger partial charge in [-0.15, -0.1) is 12.6 Å². The summed E-state index contributed by atoms with van der Waals surface area (Å²) in [6.07, 6.45) is 0.961. The van der Waals surface area contributed by atoms with Crippen molar-refractivity contribution in [2.24, 2.45) is 0 Å². The quantitative estimate of drug-likeness (QED) is 0.693. The van der Waals surface area contributed by atoms with Crippen molar-refractivity contribution in [1.82, 2.24) is 5.32 Å². The first-order valence-corrected chi connectivity index (χ1v) is 8.10. The van der Waals surface area contributed by atoms with Gasteiger partial charge in [0.2, 0.25) is 0 Å². The smallest absolute Gasteiger partial charge is 0.266 e. The van der Waals surface area contributed by atoms with Crippen molar-refractivity contribution >= 4 is 35.0 Å². The summed E-state index contributed by atoms with van der Waals surface area (Å²) in [5.74, 6) is 0.0928. The van der Waals surface area contributed by atoms with Crippen LogP contribution in [0.2, 0.25) is 0 Å². The highest BCUT2D eigenvalue weighted by Gasteiger charge is 2.35. The van der Waals surface area contributed by atoms with Gasteiger partial charge in [-0.3, -0.25) is 4.79 Å². The summed E-state index contributed by atoms with van der Waals surface area (Å²) < 4.78 is 5.51. The molecule has 5 nitrogen and oxygen atoms in total. The van der Waals surface area contributed by atoms with Gasteiger partial charge in [-0.25, -0.2) is 0 Å². The minimum absolute atomic E-state index is 0.0286. The molecule has 1 aliphatic heterocycles. The molecule has 0 bridgehead atoms. The average Bonchev–Trinajstić information content (AvgIpc) is 3.16. The highest BCUT2D eigenvalue weighted by atomic mass is 32.1. The molecule has 2 heterocycles. The summed E-state index contributed by atoms with van der Waals surface area (Å²) in [6.45, 7) is 0. The summed E-state index contributed by atoms with van der Waals surface area (Å²) in [4.78, 5) is 14.1. The molecule has 0 aliphatic carbocycles. The maximum Gasteiger partial charge on any atom is 0.266 e. The van der Waals surface area contributed by atoms with Gasteiger partial charge in [0, 0.05) is 5.39 Å². The van der Waals surface area contributed by atoms with Crippen LogP contribution in [0.15, 0.2) is 75.9 Å². The van der Waals surface area contributed by atoms with Crippen LogP contribution in [0.5, 0.6) is 0 Å². The number of benzene rings is 2. The number of carbonyl (C=O) groups is 1. The minimum Gasteiger partial charge on any atom is -0.465 e. The predicted octanol–water partition coefficient (Wildman–Crippen LogP) is 3.73. The number of furan rings is 1. The largest absolute Gasteiger partial charge is 0.465 e. The van der Waals surface area contributed by atoms with Gasteiger partial charge in [0.05, 0.1) is 17.0 Å². The molecule has 3 aromatic rings. The van der Waals surface area contributed by atoms with Crippen LogP contribution in [0.1, 0.15) is 11.9 Å². The zero-order valence-corrected chi connectivity index (χ0v) is 13.9. The summed E-state index contributed by atoms with van der Waals surface area (Å²) in [5.41, 5.74) is 0.802. The fourth-order valence-electron chi connectivity index (χ4n) is 3.02. The monoisotopic (exact) mass is 347 g/mol. The third-order valence-electron chi connectivity index (χ3n) is 4.16. The molecule has 1 atom stereocenters. The van der Waals surface area contributed by atoms with Gasteiger partial charge in [0.15, 0.2) is 6.17 Å². The first kappa shape index (κ1) is 15.4. The van der Waals surface area contributed by atoms with Gasteiger partial charge >= 0.3 is 0 Å². The molecule has 1 amide bonds. The maximum absolute atomic E-state index is 12.3. The van der Waals surface area contributed by atoms with Crippen LogP contribution in [0.25, 0.3) is 10.8 Å². The fraction of sp³-hybridized carbons (Fsp3) is 0.0526. The number of anilines is 1. The Balaban J connectivity index is 1.98. The SMILES string of the molecule is N#CC1=C(S)N(c2cccc3ccccc23)C(c2ccco2)NC1=O. The topological polar surface area (TPSA) is 69.3 Å². The van der Waals surface area contributed by atoms with E-state index in [0.717, 1.165) is 16.5 Å². The number of amides is 1. The summed E-state index contributed by atoms with van der Waals surface area (Å²) >= 11 is 4.50. The van der Waals surface area contributed by atoms with E-state index < -0.39 is 12.1 Å². The van der Waals surface area contributed by atoms with Gasteiger partial charge in [0.25, 0.3) is 5.91 Å². The molecule has 6 heteroatoms. The van der Waals surface area contributed by atoms with E-state index in [4.69, 9.17) is 4.42 Å². The van der Waals surface area contributed by atoms with Gasteiger partial charge in [-0.05, 0) is 23.6 Å². The van der Waals surface area contributed by atoms with E-state index in [9.17, 15) is 10.1 Å². The molecule has 25 heavy (non-hydrogen) atoms. The van der Waals surface area contributed by atoms with Gasteiger partial charge in [-0.1, -0.05) is 36.4 Å². The van der Waals surface area contributed by atoms with E-state index in [1.165, 1.54) is 0 Å². The Kier molecular flexibility index (Phi) is 3.71. The molecular weight excluding hydrogens is 334 g/mol. The molecule has 1 aromatic heterocycles. The number of thiol groups is 1. The van der Waals surface area contributed by atoms with Gasteiger partial charge in [-0.2, -0.15) is 5.26 Å². The third-order valence-corrected chi connectivity index (χ3v) is 4.59. The molecule has 0 saturated heterocycles. The molecule has 1 aliphatic rings. The number of fused-ring (bicyclic) bond motifs is 1. The molecule has 0 radical (unpaired) electrons. The second-order valence-electron chi connectivity index (χ2n) is 5.57. The lowest BCUT2D eigenvalue weighted by Crippen LogP contribution is -2.46. The molecule has 0 fully saturated rings. The van der Waals surface area contributed by atoms with Crippen molar-refractivity contribution in [3.05, 3.63) is 77.2 Å².